The number of thiazole rings is 1. The first kappa shape index (κ1) is 19.7. The maximum Gasteiger partial charge on any atom is 0.301 e. The molecule has 0 fully saturated rings. The van der Waals surface area contributed by atoms with Crippen LogP contribution in [0.5, 0.6) is 0 Å². The SMILES string of the molecule is Cc1[nH]n(-c2nc(C3=C([O-])O[NH2+]N3c3ccccc3)cs2)c(=O)c1N=Nc1ccccc1. The molecule has 0 spiro atoms. The maximum absolute atomic E-state index is 12.9. The smallest absolute Gasteiger partial charge is 0.301 e. The van der Waals surface area contributed by atoms with E-state index in [1.54, 1.807) is 29.4 Å². The predicted molar refractivity (Wildman–Crippen MR) is 116 cm³/mol. The van der Waals surface area contributed by atoms with Gasteiger partial charge in [-0.2, -0.15) is 14.8 Å². The first-order valence-electron chi connectivity index (χ1n) is 9.62. The number of H-pyrrole nitrogens is 1. The fourth-order valence-corrected chi connectivity index (χ4v) is 3.95. The Hall–Kier alpha value is -4.22. The summed E-state index contributed by atoms with van der Waals surface area (Å²) in [6.07, 6.45) is 0. The highest BCUT2D eigenvalue weighted by molar-refractivity contribution is 7.12. The van der Waals surface area contributed by atoms with Crippen molar-refractivity contribution in [1.82, 2.24) is 14.8 Å². The number of aryl methyl sites for hydroxylation is 1. The first-order valence-corrected chi connectivity index (χ1v) is 10.5. The van der Waals surface area contributed by atoms with Crippen molar-refractivity contribution in [3.05, 3.63) is 93.7 Å². The number of hydrogen-bond acceptors (Lipinski definition) is 8. The number of anilines is 1. The molecule has 0 aliphatic carbocycles. The third kappa shape index (κ3) is 3.55. The van der Waals surface area contributed by atoms with Crippen LogP contribution in [0, 0.1) is 6.92 Å². The number of nitrogens with two attached hydrogens (primary N) is 1. The van der Waals surface area contributed by atoms with Gasteiger partial charge in [-0.05, 0) is 31.2 Å². The summed E-state index contributed by atoms with van der Waals surface area (Å²) >= 11 is 1.22. The van der Waals surface area contributed by atoms with Gasteiger partial charge in [-0.1, -0.05) is 36.4 Å². The van der Waals surface area contributed by atoms with Gasteiger partial charge in [0.2, 0.25) is 5.13 Å². The Bertz CT molecular complexity index is 1370. The molecule has 0 unspecified atom stereocenters. The molecule has 11 heteroatoms. The Balaban J connectivity index is 1.47. The summed E-state index contributed by atoms with van der Waals surface area (Å²) in [4.78, 5) is 22.5. The molecular formula is C21H17N7O3S. The first-order chi connectivity index (χ1) is 15.6. The predicted octanol–water partition coefficient (Wildman–Crippen LogP) is 2.26. The van der Waals surface area contributed by atoms with E-state index in [4.69, 9.17) is 4.84 Å². The van der Waals surface area contributed by atoms with Crippen molar-refractivity contribution < 1.29 is 15.5 Å². The molecule has 5 rings (SSSR count). The monoisotopic (exact) mass is 447 g/mol. The number of nitrogens with zero attached hydrogens (tertiary/aromatic N) is 5. The van der Waals surface area contributed by atoms with E-state index >= 15 is 0 Å². The minimum absolute atomic E-state index is 0.192. The van der Waals surface area contributed by atoms with Crippen molar-refractivity contribution in [2.75, 3.05) is 5.01 Å². The molecule has 0 radical (unpaired) electrons. The van der Waals surface area contributed by atoms with E-state index in [0.717, 1.165) is 5.69 Å². The van der Waals surface area contributed by atoms with Crippen LogP contribution in [0.25, 0.3) is 10.8 Å². The molecule has 0 amide bonds. The second kappa shape index (κ2) is 8.13. The zero-order valence-corrected chi connectivity index (χ0v) is 17.6. The van der Waals surface area contributed by atoms with E-state index in [-0.39, 0.29) is 16.9 Å². The quantitative estimate of drug-likeness (QED) is 0.358. The number of nitrogens with one attached hydrogen (secondary N) is 1. The Morgan fingerprint density at radius 2 is 1.81 bits per heavy atom. The van der Waals surface area contributed by atoms with Crippen molar-refractivity contribution in [3.63, 3.8) is 0 Å². The van der Waals surface area contributed by atoms with E-state index in [2.05, 4.69) is 20.3 Å². The van der Waals surface area contributed by atoms with E-state index < -0.39 is 5.95 Å². The number of azo groups is 1. The van der Waals surface area contributed by atoms with Gasteiger partial charge in [0.1, 0.15) is 11.6 Å². The molecule has 1 aliphatic rings. The van der Waals surface area contributed by atoms with Gasteiger partial charge in [-0.3, -0.25) is 9.89 Å². The highest BCUT2D eigenvalue weighted by atomic mass is 32.1. The van der Waals surface area contributed by atoms with E-state index in [1.807, 2.05) is 48.5 Å². The maximum atomic E-state index is 12.9. The fourth-order valence-electron chi connectivity index (χ4n) is 3.18. The normalized spacial score (nSPS) is 13.8. The second-order valence-electron chi connectivity index (χ2n) is 6.84. The van der Waals surface area contributed by atoms with Gasteiger partial charge < -0.3 is 9.94 Å². The zero-order valence-electron chi connectivity index (χ0n) is 16.8. The molecule has 3 heterocycles. The standard InChI is InChI=1S/C21H17N7O3S/c1-13-17(24-23-14-8-4-2-5-9-14)19(29)28(25-13)21-22-16(12-32-21)18-20(30)31-26-27(18)15-10-6-3-7-11-15/h2-12,25-26,30H,1H3. The highest BCUT2D eigenvalue weighted by Gasteiger charge is 2.27. The summed E-state index contributed by atoms with van der Waals surface area (Å²) in [5.41, 5.74) is 3.80. The van der Waals surface area contributed by atoms with Crippen molar-refractivity contribution in [2.45, 2.75) is 6.92 Å². The fraction of sp³-hybridized carbons (Fsp3) is 0.0476. The number of hydrogen-bond donors (Lipinski definition) is 2. The Kier molecular flexibility index (Phi) is 5.01. The topological polar surface area (TPSA) is 128 Å². The van der Waals surface area contributed by atoms with Crippen LogP contribution in [0.1, 0.15) is 11.4 Å². The summed E-state index contributed by atoms with van der Waals surface area (Å²) in [5.74, 6) is -0.516. The summed E-state index contributed by atoms with van der Waals surface area (Å²) in [7, 11) is 0. The third-order valence-corrected chi connectivity index (χ3v) is 5.55. The van der Waals surface area contributed by atoms with Crippen LogP contribution in [0.4, 0.5) is 17.1 Å². The molecule has 0 atom stereocenters. The number of para-hydroxylation sites is 1. The van der Waals surface area contributed by atoms with E-state index in [0.29, 0.717) is 22.2 Å². The lowest BCUT2D eigenvalue weighted by atomic mass is 10.2. The van der Waals surface area contributed by atoms with Gasteiger partial charge in [0.25, 0.3) is 0 Å². The van der Waals surface area contributed by atoms with Gasteiger partial charge >= 0.3 is 5.56 Å². The van der Waals surface area contributed by atoms with Crippen LogP contribution in [0.15, 0.2) is 87.0 Å². The summed E-state index contributed by atoms with van der Waals surface area (Å²) in [5, 5.41) is 27.3. The van der Waals surface area contributed by atoms with Crippen molar-refractivity contribution in [2.24, 2.45) is 10.2 Å². The average molecular weight is 447 g/mol. The summed E-state index contributed by atoms with van der Waals surface area (Å²) in [6.45, 7) is 1.74. The van der Waals surface area contributed by atoms with Gasteiger partial charge in [0, 0.05) is 5.38 Å². The molecule has 2 aromatic carbocycles. The minimum atomic E-state index is -0.516. The number of aromatic nitrogens is 3. The average Bonchev–Trinajstić information content (AvgIpc) is 3.51. The minimum Gasteiger partial charge on any atom is -0.540 e. The van der Waals surface area contributed by atoms with Gasteiger partial charge in [0.15, 0.2) is 11.4 Å². The summed E-state index contributed by atoms with van der Waals surface area (Å²) in [6, 6.07) is 18.5. The van der Waals surface area contributed by atoms with E-state index in [9.17, 15) is 9.90 Å². The van der Waals surface area contributed by atoms with E-state index in [1.165, 1.54) is 21.6 Å². The van der Waals surface area contributed by atoms with Gasteiger partial charge in [-0.25, -0.2) is 4.98 Å². The Labute approximate surface area is 185 Å². The second-order valence-corrected chi connectivity index (χ2v) is 7.68. The lowest BCUT2D eigenvalue weighted by Gasteiger charge is -2.16. The molecule has 2 aromatic heterocycles. The summed E-state index contributed by atoms with van der Waals surface area (Å²) < 4.78 is 1.29. The zero-order chi connectivity index (χ0) is 22.1. The molecule has 0 bridgehead atoms. The highest BCUT2D eigenvalue weighted by Crippen LogP contribution is 2.28. The van der Waals surface area contributed by atoms with Crippen LogP contribution >= 0.6 is 11.3 Å². The van der Waals surface area contributed by atoms with Crippen molar-refractivity contribution >= 4 is 34.1 Å². The number of quaternary nitrogens is 1. The van der Waals surface area contributed by atoms with Crippen molar-refractivity contribution in [3.8, 4) is 5.13 Å². The molecule has 1 aliphatic heterocycles. The molecule has 10 nitrogen and oxygen atoms in total. The molecule has 160 valence electrons. The Morgan fingerprint density at radius 1 is 1.09 bits per heavy atom. The molecular weight excluding hydrogens is 430 g/mol. The third-order valence-electron chi connectivity index (χ3n) is 4.72. The molecule has 3 N–H and O–H groups in total. The van der Waals surface area contributed by atoms with Crippen LogP contribution in [-0.4, -0.2) is 14.8 Å². The van der Waals surface area contributed by atoms with Gasteiger partial charge in [0.05, 0.1) is 17.1 Å². The largest absolute Gasteiger partial charge is 0.540 e. The van der Waals surface area contributed by atoms with Crippen molar-refractivity contribution in [1.29, 1.82) is 0 Å². The van der Waals surface area contributed by atoms with Crippen LogP contribution in [-0.2, 0) is 4.84 Å². The van der Waals surface area contributed by atoms with Crippen LogP contribution in [0.2, 0.25) is 0 Å². The lowest BCUT2D eigenvalue weighted by molar-refractivity contribution is -0.890. The molecule has 32 heavy (non-hydrogen) atoms. The lowest BCUT2D eigenvalue weighted by Crippen LogP contribution is -2.90. The molecule has 0 saturated carbocycles. The molecule has 0 saturated heterocycles. The Morgan fingerprint density at radius 3 is 2.56 bits per heavy atom. The van der Waals surface area contributed by atoms with Crippen LogP contribution < -0.4 is 21.3 Å². The molecule has 4 aromatic rings. The number of benzene rings is 2. The number of rotatable bonds is 5. The van der Waals surface area contributed by atoms with Crippen LogP contribution in [0.3, 0.4) is 0 Å². The van der Waals surface area contributed by atoms with Gasteiger partial charge in [-0.15, -0.1) is 22.0 Å². The number of aromatic amines is 1.